The summed E-state index contributed by atoms with van der Waals surface area (Å²) in [6.45, 7) is 0.192. The fraction of sp³-hybridized carbons (Fsp3) is 0.412. The highest BCUT2D eigenvalue weighted by atomic mass is 32.2. The van der Waals surface area contributed by atoms with Gasteiger partial charge in [0.1, 0.15) is 11.4 Å². The molecule has 0 bridgehead atoms. The highest BCUT2D eigenvalue weighted by Gasteiger charge is 2.28. The average Bonchev–Trinajstić information content (AvgIpc) is 2.61. The zero-order valence-corrected chi connectivity index (χ0v) is 14.9. The number of H-pyrrole nitrogens is 1. The summed E-state index contributed by atoms with van der Waals surface area (Å²) in [6, 6.07) is 3.69. The van der Waals surface area contributed by atoms with E-state index in [1.54, 1.807) is 0 Å². The van der Waals surface area contributed by atoms with Crippen molar-refractivity contribution in [2.24, 2.45) is 11.7 Å². The zero-order valence-electron chi connectivity index (χ0n) is 14.0. The second-order valence-electron chi connectivity index (χ2n) is 6.54. The Morgan fingerprint density at radius 1 is 1.27 bits per heavy atom. The molecular weight excluding hydrogens is 361 g/mol. The topological polar surface area (TPSA) is 122 Å². The summed E-state index contributed by atoms with van der Waals surface area (Å²) >= 11 is 0. The van der Waals surface area contributed by atoms with Crippen molar-refractivity contribution in [3.8, 4) is 0 Å². The van der Waals surface area contributed by atoms with E-state index in [4.69, 9.17) is 5.73 Å². The molecule has 1 amide bonds. The monoisotopic (exact) mass is 381 g/mol. The molecule has 3 rings (SSSR count). The molecule has 7 nitrogen and oxygen atoms in total. The Bertz CT molecular complexity index is 1010. The number of hydrogen-bond donors (Lipinski definition) is 3. The van der Waals surface area contributed by atoms with E-state index in [9.17, 15) is 22.4 Å². The first kappa shape index (κ1) is 18.5. The molecule has 26 heavy (non-hydrogen) atoms. The van der Waals surface area contributed by atoms with Gasteiger partial charge in [0.15, 0.2) is 5.03 Å². The lowest BCUT2D eigenvalue weighted by Gasteiger charge is -2.22. The third-order valence-corrected chi connectivity index (χ3v) is 6.14. The number of aromatic nitrogens is 1. The normalized spacial score (nSPS) is 16.0. The van der Waals surface area contributed by atoms with Crippen LogP contribution in [0.1, 0.15) is 42.5 Å². The van der Waals surface area contributed by atoms with Gasteiger partial charge in [0.25, 0.3) is 15.9 Å². The van der Waals surface area contributed by atoms with Crippen LogP contribution in [0.25, 0.3) is 10.9 Å². The fourth-order valence-electron chi connectivity index (χ4n) is 3.37. The molecule has 1 aromatic carbocycles. The molecule has 0 saturated heterocycles. The predicted octanol–water partition coefficient (Wildman–Crippen LogP) is 1.62. The van der Waals surface area contributed by atoms with E-state index in [1.165, 1.54) is 12.1 Å². The Morgan fingerprint density at radius 2 is 1.96 bits per heavy atom. The molecule has 0 atom stereocenters. The Balaban J connectivity index is 2.07. The molecule has 1 saturated carbocycles. The van der Waals surface area contributed by atoms with Crippen LogP contribution in [0.5, 0.6) is 0 Å². The van der Waals surface area contributed by atoms with Crippen molar-refractivity contribution in [1.82, 2.24) is 9.71 Å². The number of primary amides is 1. The minimum atomic E-state index is -4.24. The Hall–Kier alpha value is -2.26. The van der Waals surface area contributed by atoms with E-state index in [2.05, 4.69) is 9.71 Å². The van der Waals surface area contributed by atoms with Crippen molar-refractivity contribution in [2.75, 3.05) is 6.54 Å². The molecule has 4 N–H and O–H groups in total. The molecule has 0 radical (unpaired) electrons. The highest BCUT2D eigenvalue weighted by molar-refractivity contribution is 7.89. The van der Waals surface area contributed by atoms with Gasteiger partial charge < -0.3 is 10.7 Å². The SMILES string of the molecule is NC(=O)c1c(S(=O)(=O)NCC2CCCCC2)[nH]c2c(F)cccc2c1=O. The van der Waals surface area contributed by atoms with E-state index < -0.39 is 37.8 Å². The maximum absolute atomic E-state index is 14.0. The molecule has 9 heteroatoms. The fourth-order valence-corrected chi connectivity index (χ4v) is 4.67. The zero-order chi connectivity index (χ0) is 18.9. The number of fused-ring (bicyclic) bond motifs is 1. The number of hydrogen-bond acceptors (Lipinski definition) is 4. The third-order valence-electron chi connectivity index (χ3n) is 4.75. The van der Waals surface area contributed by atoms with Gasteiger partial charge in [-0.05, 0) is 30.9 Å². The van der Waals surface area contributed by atoms with E-state index in [0.717, 1.165) is 38.2 Å². The number of carbonyl (C=O) groups is 1. The number of pyridine rings is 1. The minimum absolute atomic E-state index is 0.134. The van der Waals surface area contributed by atoms with Crippen LogP contribution in [0, 0.1) is 11.7 Å². The summed E-state index contributed by atoms with van der Waals surface area (Å²) < 4.78 is 41.9. The van der Waals surface area contributed by atoms with Crippen LogP contribution < -0.4 is 15.9 Å². The van der Waals surface area contributed by atoms with Crippen molar-refractivity contribution in [1.29, 1.82) is 0 Å². The number of rotatable bonds is 5. The van der Waals surface area contributed by atoms with Crippen molar-refractivity contribution in [2.45, 2.75) is 37.1 Å². The van der Waals surface area contributed by atoms with Crippen LogP contribution in [0.2, 0.25) is 0 Å². The van der Waals surface area contributed by atoms with Gasteiger partial charge >= 0.3 is 0 Å². The number of nitrogens with one attached hydrogen (secondary N) is 2. The molecule has 0 aliphatic heterocycles. The van der Waals surface area contributed by atoms with E-state index >= 15 is 0 Å². The molecule has 1 fully saturated rings. The molecule has 140 valence electrons. The van der Waals surface area contributed by atoms with E-state index in [-0.39, 0.29) is 23.4 Å². The number of para-hydroxylation sites is 1. The summed E-state index contributed by atoms with van der Waals surface area (Å²) in [5, 5.41) is -0.826. The number of carbonyl (C=O) groups excluding carboxylic acids is 1. The largest absolute Gasteiger partial charge is 0.365 e. The van der Waals surface area contributed by atoms with E-state index in [0.29, 0.717) is 0 Å². The lowest BCUT2D eigenvalue weighted by molar-refractivity contribution is 0.0995. The van der Waals surface area contributed by atoms with Crippen LogP contribution in [0.4, 0.5) is 4.39 Å². The Kier molecular flexibility index (Phi) is 5.10. The van der Waals surface area contributed by atoms with Crippen molar-refractivity contribution >= 4 is 26.8 Å². The van der Waals surface area contributed by atoms with Crippen LogP contribution in [0.3, 0.4) is 0 Å². The Labute approximate surface area is 149 Å². The van der Waals surface area contributed by atoms with Crippen molar-refractivity contribution in [3.63, 3.8) is 0 Å². The molecular formula is C17H20FN3O4S. The first-order valence-corrected chi connectivity index (χ1v) is 9.93. The number of aromatic amines is 1. The molecule has 0 spiro atoms. The summed E-state index contributed by atoms with van der Waals surface area (Å²) in [6.07, 6.45) is 5.03. The van der Waals surface area contributed by atoms with Gasteiger partial charge in [-0.15, -0.1) is 0 Å². The number of nitrogens with two attached hydrogens (primary N) is 1. The molecule has 1 aliphatic rings. The van der Waals surface area contributed by atoms with Gasteiger partial charge in [0, 0.05) is 11.9 Å². The molecule has 0 unspecified atom stereocenters. The first-order chi connectivity index (χ1) is 12.3. The standard InChI is InChI=1S/C17H20FN3O4S/c18-12-8-4-7-11-14(12)21-17(13(15(11)22)16(19)23)26(24,25)20-9-10-5-2-1-3-6-10/h4,7-8,10,20H,1-3,5-6,9H2,(H2,19,23)(H,21,22). The lowest BCUT2D eigenvalue weighted by Crippen LogP contribution is -2.35. The first-order valence-electron chi connectivity index (χ1n) is 8.45. The highest BCUT2D eigenvalue weighted by Crippen LogP contribution is 2.24. The smallest absolute Gasteiger partial charge is 0.256 e. The number of sulfonamides is 1. The molecule has 1 heterocycles. The van der Waals surface area contributed by atoms with Crippen LogP contribution >= 0.6 is 0 Å². The Morgan fingerprint density at radius 3 is 2.62 bits per heavy atom. The van der Waals surface area contributed by atoms with E-state index in [1.807, 2.05) is 0 Å². The van der Waals surface area contributed by atoms with Crippen LogP contribution in [0.15, 0.2) is 28.0 Å². The van der Waals surface area contributed by atoms with Crippen molar-refractivity contribution in [3.05, 3.63) is 39.8 Å². The lowest BCUT2D eigenvalue weighted by atomic mass is 9.90. The van der Waals surface area contributed by atoms with Gasteiger partial charge in [-0.25, -0.2) is 17.5 Å². The van der Waals surface area contributed by atoms with Gasteiger partial charge in [0.2, 0.25) is 5.43 Å². The number of halogens is 1. The number of benzene rings is 1. The summed E-state index contributed by atoms with van der Waals surface area (Å²) in [5.41, 5.74) is 3.35. The maximum atomic E-state index is 14.0. The summed E-state index contributed by atoms with van der Waals surface area (Å²) in [5.74, 6) is -1.78. The minimum Gasteiger partial charge on any atom is -0.365 e. The average molecular weight is 381 g/mol. The predicted molar refractivity (Wildman–Crippen MR) is 94.8 cm³/mol. The van der Waals surface area contributed by atoms with Crippen LogP contribution in [-0.4, -0.2) is 25.9 Å². The van der Waals surface area contributed by atoms with Crippen LogP contribution in [-0.2, 0) is 10.0 Å². The van der Waals surface area contributed by atoms with Crippen molar-refractivity contribution < 1.29 is 17.6 Å². The van der Waals surface area contributed by atoms with Gasteiger partial charge in [-0.3, -0.25) is 9.59 Å². The van der Waals surface area contributed by atoms with Gasteiger partial charge in [-0.1, -0.05) is 25.3 Å². The maximum Gasteiger partial charge on any atom is 0.256 e. The molecule has 1 aromatic heterocycles. The van der Waals surface area contributed by atoms with Gasteiger partial charge in [0.05, 0.1) is 5.52 Å². The quantitative estimate of drug-likeness (QED) is 0.728. The second kappa shape index (κ2) is 7.16. The number of amides is 1. The third kappa shape index (κ3) is 3.49. The van der Waals surface area contributed by atoms with Gasteiger partial charge in [-0.2, -0.15) is 0 Å². The molecule has 1 aliphatic carbocycles. The summed E-state index contributed by atoms with van der Waals surface area (Å²) in [7, 11) is -4.24. The summed E-state index contributed by atoms with van der Waals surface area (Å²) in [4.78, 5) is 26.6. The second-order valence-corrected chi connectivity index (χ2v) is 8.24. The molecule has 2 aromatic rings.